The van der Waals surface area contributed by atoms with Crippen LogP contribution >= 0.6 is 0 Å². The Balaban J connectivity index is 1.55. The number of carbonyl (C=O) groups is 1. The van der Waals surface area contributed by atoms with Crippen molar-refractivity contribution in [1.82, 2.24) is 5.32 Å². The van der Waals surface area contributed by atoms with Gasteiger partial charge >= 0.3 is 0 Å². The van der Waals surface area contributed by atoms with Crippen LogP contribution in [0.15, 0.2) is 48.5 Å². The first-order chi connectivity index (χ1) is 11.3. The molecule has 1 N–H and O–H groups in total. The molecule has 2 aromatic carbocycles. The van der Waals surface area contributed by atoms with E-state index >= 15 is 0 Å². The second kappa shape index (κ2) is 7.05. The second-order valence-corrected chi connectivity index (χ2v) is 5.26. The van der Waals surface area contributed by atoms with Gasteiger partial charge in [0.25, 0.3) is 5.91 Å². The summed E-state index contributed by atoms with van der Waals surface area (Å²) in [6.45, 7) is 0.577. The van der Waals surface area contributed by atoms with E-state index in [0.717, 1.165) is 23.5 Å². The summed E-state index contributed by atoms with van der Waals surface area (Å²) >= 11 is 0. The van der Waals surface area contributed by atoms with E-state index in [-0.39, 0.29) is 18.6 Å². The molecular formula is C18H19NO4. The largest absolute Gasteiger partial charge is 0.497 e. The quantitative estimate of drug-likeness (QED) is 0.922. The highest BCUT2D eigenvalue weighted by Crippen LogP contribution is 2.31. The van der Waals surface area contributed by atoms with E-state index in [9.17, 15) is 4.79 Å². The molecule has 5 nitrogen and oxygen atoms in total. The minimum absolute atomic E-state index is 0.0220. The van der Waals surface area contributed by atoms with E-state index in [2.05, 4.69) is 5.32 Å². The third-order valence-corrected chi connectivity index (χ3v) is 3.72. The number of ether oxygens (including phenoxy) is 3. The number of rotatable bonds is 5. The number of carbonyl (C=O) groups excluding carboxylic acids is 1. The smallest absolute Gasteiger partial charge is 0.258 e. The van der Waals surface area contributed by atoms with Gasteiger partial charge in [0.15, 0.2) is 6.61 Å². The Morgan fingerprint density at radius 3 is 2.70 bits per heavy atom. The highest BCUT2D eigenvalue weighted by Gasteiger charge is 2.22. The Morgan fingerprint density at radius 2 is 1.91 bits per heavy atom. The van der Waals surface area contributed by atoms with Crippen molar-refractivity contribution in [3.05, 3.63) is 54.1 Å². The summed E-state index contributed by atoms with van der Waals surface area (Å²) in [5.41, 5.74) is 1.01. The normalized spacial score (nSPS) is 16.0. The summed E-state index contributed by atoms with van der Waals surface area (Å²) < 4.78 is 16.2. The molecule has 3 rings (SSSR count). The SMILES string of the molecule is COc1ccc(OCC(=O)NC2CCOc3ccccc32)cc1. The average Bonchev–Trinajstić information content (AvgIpc) is 2.61. The molecule has 23 heavy (non-hydrogen) atoms. The molecule has 120 valence electrons. The minimum Gasteiger partial charge on any atom is -0.497 e. The fourth-order valence-electron chi connectivity index (χ4n) is 2.55. The van der Waals surface area contributed by atoms with E-state index in [0.29, 0.717) is 12.4 Å². The second-order valence-electron chi connectivity index (χ2n) is 5.26. The van der Waals surface area contributed by atoms with Gasteiger partial charge in [-0.05, 0) is 30.3 Å². The molecule has 0 aliphatic carbocycles. The Labute approximate surface area is 135 Å². The molecule has 1 aliphatic heterocycles. The number of benzene rings is 2. The van der Waals surface area contributed by atoms with Crippen LogP contribution in [0, 0.1) is 0 Å². The molecule has 1 unspecified atom stereocenters. The van der Waals surface area contributed by atoms with Gasteiger partial charge in [0.1, 0.15) is 17.2 Å². The first kappa shape index (κ1) is 15.2. The molecule has 1 atom stereocenters. The monoisotopic (exact) mass is 313 g/mol. The third-order valence-electron chi connectivity index (χ3n) is 3.72. The van der Waals surface area contributed by atoms with Gasteiger partial charge in [-0.2, -0.15) is 0 Å². The lowest BCUT2D eigenvalue weighted by molar-refractivity contribution is -0.124. The van der Waals surface area contributed by atoms with Gasteiger partial charge in [0, 0.05) is 12.0 Å². The number of fused-ring (bicyclic) bond motifs is 1. The zero-order valence-electron chi connectivity index (χ0n) is 13.0. The molecule has 0 radical (unpaired) electrons. The van der Waals surface area contributed by atoms with Crippen LogP contribution in [0.1, 0.15) is 18.0 Å². The fraction of sp³-hybridized carbons (Fsp3) is 0.278. The predicted molar refractivity (Wildman–Crippen MR) is 85.9 cm³/mol. The molecule has 0 aromatic heterocycles. The molecule has 1 heterocycles. The van der Waals surface area contributed by atoms with Gasteiger partial charge in [0.2, 0.25) is 0 Å². The highest BCUT2D eigenvalue weighted by molar-refractivity contribution is 5.78. The minimum atomic E-state index is -0.150. The maximum atomic E-state index is 12.1. The molecule has 5 heteroatoms. The number of methoxy groups -OCH3 is 1. The van der Waals surface area contributed by atoms with Gasteiger partial charge in [0.05, 0.1) is 19.8 Å². The van der Waals surface area contributed by atoms with Gasteiger partial charge < -0.3 is 19.5 Å². The zero-order chi connectivity index (χ0) is 16.1. The maximum absolute atomic E-state index is 12.1. The molecule has 1 amide bonds. The Morgan fingerprint density at radius 1 is 1.17 bits per heavy atom. The lowest BCUT2D eigenvalue weighted by Gasteiger charge is -2.26. The van der Waals surface area contributed by atoms with E-state index in [1.54, 1.807) is 31.4 Å². The van der Waals surface area contributed by atoms with Crippen LogP contribution in [0.25, 0.3) is 0 Å². The lowest BCUT2D eigenvalue weighted by atomic mass is 10.0. The predicted octanol–water partition coefficient (Wildman–Crippen LogP) is 2.71. The van der Waals surface area contributed by atoms with Crippen molar-refractivity contribution < 1.29 is 19.0 Å². The van der Waals surface area contributed by atoms with Gasteiger partial charge in [-0.3, -0.25) is 4.79 Å². The summed E-state index contributed by atoms with van der Waals surface area (Å²) in [6, 6.07) is 14.9. The van der Waals surface area contributed by atoms with E-state index in [1.165, 1.54) is 0 Å². The van der Waals surface area contributed by atoms with E-state index < -0.39 is 0 Å². The number of hydrogen-bond donors (Lipinski definition) is 1. The summed E-state index contributed by atoms with van der Waals surface area (Å²) in [5.74, 6) is 2.07. The molecule has 0 fully saturated rings. The van der Waals surface area contributed by atoms with Crippen molar-refractivity contribution in [2.24, 2.45) is 0 Å². The number of hydrogen-bond acceptors (Lipinski definition) is 4. The molecular weight excluding hydrogens is 294 g/mol. The molecule has 1 aliphatic rings. The van der Waals surface area contributed by atoms with Crippen LogP contribution < -0.4 is 19.5 Å². The van der Waals surface area contributed by atoms with Crippen molar-refractivity contribution in [2.75, 3.05) is 20.3 Å². The van der Waals surface area contributed by atoms with Crippen LogP contribution in [0.5, 0.6) is 17.2 Å². The number of para-hydroxylation sites is 1. The van der Waals surface area contributed by atoms with E-state index in [1.807, 2.05) is 24.3 Å². The Bertz CT molecular complexity index is 669. The van der Waals surface area contributed by atoms with Gasteiger partial charge in [-0.1, -0.05) is 18.2 Å². The molecule has 0 spiro atoms. The van der Waals surface area contributed by atoms with Crippen molar-refractivity contribution in [1.29, 1.82) is 0 Å². The number of nitrogens with one attached hydrogen (secondary N) is 1. The summed E-state index contributed by atoms with van der Waals surface area (Å²) in [7, 11) is 1.61. The van der Waals surface area contributed by atoms with Crippen molar-refractivity contribution in [3.8, 4) is 17.2 Å². The first-order valence-corrected chi connectivity index (χ1v) is 7.54. The van der Waals surface area contributed by atoms with E-state index in [4.69, 9.17) is 14.2 Å². The van der Waals surface area contributed by atoms with Crippen LogP contribution in [0.3, 0.4) is 0 Å². The summed E-state index contributed by atoms with van der Waals surface area (Å²) in [4.78, 5) is 12.1. The lowest BCUT2D eigenvalue weighted by Crippen LogP contribution is -2.35. The standard InChI is InChI=1S/C18H19NO4/c1-21-13-6-8-14(9-7-13)23-12-18(20)19-16-10-11-22-17-5-3-2-4-15(16)17/h2-9,16H,10-12H2,1H3,(H,19,20). The van der Waals surface area contributed by atoms with Crippen LogP contribution in [0.2, 0.25) is 0 Å². The van der Waals surface area contributed by atoms with Crippen LogP contribution in [0.4, 0.5) is 0 Å². The average molecular weight is 313 g/mol. The van der Waals surface area contributed by atoms with Crippen molar-refractivity contribution in [2.45, 2.75) is 12.5 Å². The topological polar surface area (TPSA) is 56.8 Å². The van der Waals surface area contributed by atoms with Gasteiger partial charge in [-0.25, -0.2) is 0 Å². The van der Waals surface area contributed by atoms with Crippen LogP contribution in [-0.4, -0.2) is 26.2 Å². The maximum Gasteiger partial charge on any atom is 0.258 e. The molecule has 0 saturated carbocycles. The van der Waals surface area contributed by atoms with Crippen LogP contribution in [-0.2, 0) is 4.79 Å². The zero-order valence-corrected chi connectivity index (χ0v) is 13.0. The van der Waals surface area contributed by atoms with Crippen molar-refractivity contribution >= 4 is 5.91 Å². The molecule has 0 saturated heterocycles. The number of amides is 1. The third kappa shape index (κ3) is 3.74. The Kier molecular flexibility index (Phi) is 4.66. The summed E-state index contributed by atoms with van der Waals surface area (Å²) in [5, 5.41) is 3.00. The first-order valence-electron chi connectivity index (χ1n) is 7.54. The van der Waals surface area contributed by atoms with Gasteiger partial charge in [-0.15, -0.1) is 0 Å². The van der Waals surface area contributed by atoms with Crippen molar-refractivity contribution in [3.63, 3.8) is 0 Å². The summed E-state index contributed by atoms with van der Waals surface area (Å²) in [6.07, 6.45) is 0.755. The molecule has 0 bridgehead atoms. The Hall–Kier alpha value is -2.69. The highest BCUT2D eigenvalue weighted by atomic mass is 16.5. The fourth-order valence-corrected chi connectivity index (χ4v) is 2.55. The molecule has 2 aromatic rings.